The zero-order chi connectivity index (χ0) is 20.1. The van der Waals surface area contributed by atoms with Crippen LogP contribution in [-0.4, -0.2) is 37.8 Å². The second-order valence-electron chi connectivity index (χ2n) is 7.16. The molecule has 1 fully saturated rings. The molecule has 2 heterocycles. The van der Waals surface area contributed by atoms with Crippen molar-refractivity contribution in [3.05, 3.63) is 47.3 Å². The Morgan fingerprint density at radius 3 is 2.68 bits per heavy atom. The lowest BCUT2D eigenvalue weighted by atomic mass is 9.99. The molecular weight excluding hydrogens is 396 g/mol. The van der Waals surface area contributed by atoms with Crippen LogP contribution in [0.5, 0.6) is 5.75 Å². The van der Waals surface area contributed by atoms with Crippen molar-refractivity contribution in [1.82, 2.24) is 9.62 Å². The van der Waals surface area contributed by atoms with E-state index in [1.807, 2.05) is 38.1 Å². The highest BCUT2D eigenvalue weighted by Crippen LogP contribution is 2.26. The fourth-order valence-electron chi connectivity index (χ4n) is 3.20. The van der Waals surface area contributed by atoms with Gasteiger partial charge in [0.05, 0.1) is 12.0 Å². The van der Waals surface area contributed by atoms with E-state index < -0.39 is 10.0 Å². The van der Waals surface area contributed by atoms with E-state index in [-0.39, 0.29) is 24.5 Å². The molecule has 1 saturated heterocycles. The summed E-state index contributed by atoms with van der Waals surface area (Å²) in [5, 5.41) is 4.69. The number of carbonyl (C=O) groups is 1. The van der Waals surface area contributed by atoms with Crippen LogP contribution in [0.4, 0.5) is 0 Å². The maximum atomic E-state index is 12.7. The van der Waals surface area contributed by atoms with Gasteiger partial charge in [0.25, 0.3) is 10.0 Å². The molecule has 0 saturated carbocycles. The van der Waals surface area contributed by atoms with Crippen LogP contribution in [0.15, 0.2) is 46.0 Å². The van der Waals surface area contributed by atoms with E-state index in [9.17, 15) is 13.2 Å². The third-order valence-corrected chi connectivity index (χ3v) is 7.84. The second kappa shape index (κ2) is 9.07. The van der Waals surface area contributed by atoms with Crippen LogP contribution < -0.4 is 10.1 Å². The zero-order valence-corrected chi connectivity index (χ0v) is 17.8. The largest absolute Gasteiger partial charge is 0.491 e. The molecule has 28 heavy (non-hydrogen) atoms. The smallest absolute Gasteiger partial charge is 0.252 e. The average Bonchev–Trinajstić information content (AvgIpc) is 3.22. The molecule has 1 aromatic carbocycles. The van der Waals surface area contributed by atoms with E-state index in [0.717, 1.165) is 11.3 Å². The van der Waals surface area contributed by atoms with Gasteiger partial charge < -0.3 is 10.1 Å². The number of sulfonamides is 1. The Balaban J connectivity index is 1.56. The van der Waals surface area contributed by atoms with Crippen molar-refractivity contribution >= 4 is 27.3 Å². The molecule has 0 bridgehead atoms. The first kappa shape index (κ1) is 20.8. The van der Waals surface area contributed by atoms with Gasteiger partial charge in [0, 0.05) is 19.6 Å². The molecule has 152 valence electrons. The van der Waals surface area contributed by atoms with E-state index >= 15 is 0 Å². The molecule has 0 radical (unpaired) electrons. The molecule has 1 amide bonds. The summed E-state index contributed by atoms with van der Waals surface area (Å²) in [6.07, 6.45) is 1.50. The number of ether oxygens (including phenoxy) is 1. The second-order valence-corrected chi connectivity index (χ2v) is 10.3. The number of thiophene rings is 1. The lowest BCUT2D eigenvalue weighted by Gasteiger charge is -2.30. The number of piperidine rings is 1. The van der Waals surface area contributed by atoms with Crippen LogP contribution in [0.25, 0.3) is 0 Å². The molecule has 0 spiro atoms. The van der Waals surface area contributed by atoms with E-state index in [1.54, 1.807) is 17.5 Å². The van der Waals surface area contributed by atoms with Crippen LogP contribution in [0, 0.1) is 5.92 Å². The summed E-state index contributed by atoms with van der Waals surface area (Å²) < 4.78 is 32.8. The third-order valence-electron chi connectivity index (χ3n) is 4.61. The third kappa shape index (κ3) is 5.12. The van der Waals surface area contributed by atoms with Crippen molar-refractivity contribution in [2.75, 3.05) is 13.1 Å². The highest BCUT2D eigenvalue weighted by atomic mass is 32.2. The molecule has 1 N–H and O–H groups in total. The number of amides is 1. The molecule has 8 heteroatoms. The molecule has 1 aliphatic heterocycles. The Morgan fingerprint density at radius 2 is 2.04 bits per heavy atom. The number of carbonyl (C=O) groups excluding carboxylic acids is 1. The molecule has 1 aliphatic rings. The fourth-order valence-corrected chi connectivity index (χ4v) is 5.87. The van der Waals surface area contributed by atoms with Crippen LogP contribution in [-0.2, 0) is 21.4 Å². The first-order valence-corrected chi connectivity index (χ1v) is 11.7. The number of nitrogens with zero attached hydrogens (tertiary/aromatic N) is 1. The molecule has 6 nitrogen and oxygen atoms in total. The zero-order valence-electron chi connectivity index (χ0n) is 16.1. The van der Waals surface area contributed by atoms with Crippen molar-refractivity contribution < 1.29 is 17.9 Å². The van der Waals surface area contributed by atoms with Gasteiger partial charge in [-0.2, -0.15) is 4.31 Å². The van der Waals surface area contributed by atoms with Gasteiger partial charge in [-0.25, -0.2) is 8.42 Å². The van der Waals surface area contributed by atoms with Gasteiger partial charge in [-0.15, -0.1) is 11.3 Å². The number of nitrogens with one attached hydrogen (secondary N) is 1. The highest BCUT2D eigenvalue weighted by molar-refractivity contribution is 7.91. The van der Waals surface area contributed by atoms with E-state index in [4.69, 9.17) is 4.74 Å². The maximum Gasteiger partial charge on any atom is 0.252 e. The van der Waals surface area contributed by atoms with Gasteiger partial charge in [-0.05, 0) is 55.8 Å². The van der Waals surface area contributed by atoms with Crippen molar-refractivity contribution in [3.8, 4) is 5.75 Å². The Hall–Kier alpha value is -1.90. The van der Waals surface area contributed by atoms with Crippen molar-refractivity contribution in [1.29, 1.82) is 0 Å². The Morgan fingerprint density at radius 1 is 1.29 bits per heavy atom. The Bertz CT molecular complexity index is 877. The van der Waals surface area contributed by atoms with Crippen molar-refractivity contribution in [2.24, 2.45) is 5.92 Å². The summed E-state index contributed by atoms with van der Waals surface area (Å²) in [4.78, 5) is 12.6. The molecule has 2 aromatic rings. The van der Waals surface area contributed by atoms with Gasteiger partial charge in [0.15, 0.2) is 0 Å². The average molecular weight is 423 g/mol. The minimum absolute atomic E-state index is 0.103. The standard InChI is InChI=1S/C20H26N2O4S2/c1-15(2)26-18-9-7-16(8-10-18)13-21-20(23)17-5-3-11-22(14-17)28(24,25)19-6-4-12-27-19/h4,6-10,12,15,17H,3,5,11,13-14H2,1-2H3,(H,21,23)/t17-/m1/s1. The van der Waals surface area contributed by atoms with Gasteiger partial charge >= 0.3 is 0 Å². The summed E-state index contributed by atoms with van der Waals surface area (Å²) >= 11 is 1.20. The first-order chi connectivity index (χ1) is 13.4. The molecule has 1 atom stereocenters. The minimum Gasteiger partial charge on any atom is -0.491 e. The summed E-state index contributed by atoms with van der Waals surface area (Å²) in [5.74, 6) is 0.368. The number of rotatable bonds is 7. The van der Waals surface area contributed by atoms with E-state index in [0.29, 0.717) is 30.1 Å². The van der Waals surface area contributed by atoms with E-state index in [1.165, 1.54) is 15.6 Å². The number of hydrogen-bond acceptors (Lipinski definition) is 5. The van der Waals surface area contributed by atoms with Gasteiger partial charge in [-0.1, -0.05) is 18.2 Å². The molecule has 0 unspecified atom stereocenters. The lowest BCUT2D eigenvalue weighted by Crippen LogP contribution is -2.45. The first-order valence-electron chi connectivity index (χ1n) is 9.43. The molecular formula is C20H26N2O4S2. The topological polar surface area (TPSA) is 75.7 Å². The summed E-state index contributed by atoms with van der Waals surface area (Å²) in [6.45, 7) is 5.05. The monoisotopic (exact) mass is 422 g/mol. The van der Waals surface area contributed by atoms with Gasteiger partial charge in [-0.3, -0.25) is 4.79 Å². The minimum atomic E-state index is -3.51. The summed E-state index contributed by atoms with van der Waals surface area (Å²) in [5.41, 5.74) is 0.975. The summed E-state index contributed by atoms with van der Waals surface area (Å²) in [6, 6.07) is 11.0. The number of hydrogen-bond donors (Lipinski definition) is 1. The van der Waals surface area contributed by atoms with Crippen molar-refractivity contribution in [3.63, 3.8) is 0 Å². The van der Waals surface area contributed by atoms with E-state index in [2.05, 4.69) is 5.32 Å². The Labute approximate surface area is 170 Å². The van der Waals surface area contributed by atoms with Crippen molar-refractivity contribution in [2.45, 2.75) is 43.5 Å². The Kier molecular flexibility index (Phi) is 6.74. The van der Waals surface area contributed by atoms with Crippen LogP contribution in [0.3, 0.4) is 0 Å². The van der Waals surface area contributed by atoms with Crippen LogP contribution >= 0.6 is 11.3 Å². The quantitative estimate of drug-likeness (QED) is 0.743. The van der Waals surface area contributed by atoms with Gasteiger partial charge in [0.1, 0.15) is 9.96 Å². The SMILES string of the molecule is CC(C)Oc1ccc(CNC(=O)[C@@H]2CCCN(S(=O)(=O)c3cccs3)C2)cc1. The van der Waals surface area contributed by atoms with Crippen LogP contribution in [0.2, 0.25) is 0 Å². The lowest BCUT2D eigenvalue weighted by molar-refractivity contribution is -0.126. The molecule has 3 rings (SSSR count). The molecule has 1 aromatic heterocycles. The highest BCUT2D eigenvalue weighted by Gasteiger charge is 2.33. The number of benzene rings is 1. The van der Waals surface area contributed by atoms with Gasteiger partial charge in [0.2, 0.25) is 5.91 Å². The maximum absolute atomic E-state index is 12.7. The summed E-state index contributed by atoms with van der Waals surface area (Å²) in [7, 11) is -3.51. The fraction of sp³-hybridized carbons (Fsp3) is 0.450. The van der Waals surface area contributed by atoms with Crippen LogP contribution in [0.1, 0.15) is 32.3 Å². The predicted octanol–water partition coefficient (Wildman–Crippen LogP) is 3.25. The predicted molar refractivity (Wildman–Crippen MR) is 110 cm³/mol. The normalized spacial score (nSPS) is 18.2. The molecule has 0 aliphatic carbocycles.